The molecular weight excluding hydrogens is 451 g/mol. The van der Waals surface area contributed by atoms with Crippen molar-refractivity contribution in [2.24, 2.45) is 10.9 Å². The SMILES string of the molecule is CCN(Cc1cc2c(c(C(F)(F)F)c1)CN(c1cccc(/C(C)=C(/C)C=NC)c1)C2=O)CC(C)C. The number of hydrogen-bond donors (Lipinski definition) is 0. The number of nitrogens with zero attached hydrogens (tertiary/aromatic N) is 3. The first-order chi connectivity index (χ1) is 16.5. The second kappa shape index (κ2) is 10.8. The number of amides is 1. The Morgan fingerprint density at radius 3 is 2.51 bits per heavy atom. The van der Waals surface area contributed by atoms with Gasteiger partial charge in [-0.15, -0.1) is 0 Å². The maximum Gasteiger partial charge on any atom is 0.416 e. The number of carbonyl (C=O) groups excluding carboxylic acids is 1. The number of benzene rings is 2. The third-order valence-corrected chi connectivity index (χ3v) is 6.39. The molecule has 0 atom stereocenters. The Morgan fingerprint density at radius 1 is 1.20 bits per heavy atom. The van der Waals surface area contributed by atoms with Gasteiger partial charge in [-0.3, -0.25) is 14.7 Å². The summed E-state index contributed by atoms with van der Waals surface area (Å²) in [6.45, 7) is 11.8. The van der Waals surface area contributed by atoms with Gasteiger partial charge in [0.05, 0.1) is 12.1 Å². The first kappa shape index (κ1) is 26.7. The van der Waals surface area contributed by atoms with E-state index in [1.165, 1.54) is 11.0 Å². The lowest BCUT2D eigenvalue weighted by atomic mass is 9.98. The highest BCUT2D eigenvalue weighted by molar-refractivity contribution is 6.10. The van der Waals surface area contributed by atoms with Crippen molar-refractivity contribution in [2.75, 3.05) is 25.0 Å². The summed E-state index contributed by atoms with van der Waals surface area (Å²) in [4.78, 5) is 21.0. The lowest BCUT2D eigenvalue weighted by Crippen LogP contribution is -2.27. The molecule has 3 rings (SSSR count). The molecule has 35 heavy (non-hydrogen) atoms. The molecule has 2 aromatic carbocycles. The zero-order valence-corrected chi connectivity index (χ0v) is 21.3. The average Bonchev–Trinajstić information content (AvgIpc) is 3.13. The predicted octanol–water partition coefficient (Wildman–Crippen LogP) is 6.84. The second-order valence-electron chi connectivity index (χ2n) is 9.53. The van der Waals surface area contributed by atoms with Gasteiger partial charge in [0.25, 0.3) is 5.91 Å². The van der Waals surface area contributed by atoms with E-state index in [1.54, 1.807) is 25.4 Å². The molecule has 0 radical (unpaired) electrons. The molecule has 188 valence electrons. The van der Waals surface area contributed by atoms with Crippen molar-refractivity contribution >= 4 is 23.4 Å². The minimum atomic E-state index is -4.54. The van der Waals surface area contributed by atoms with Crippen LogP contribution >= 0.6 is 0 Å². The molecule has 0 bridgehead atoms. The molecule has 0 aliphatic carbocycles. The van der Waals surface area contributed by atoms with Crippen molar-refractivity contribution in [3.63, 3.8) is 0 Å². The van der Waals surface area contributed by atoms with Crippen molar-refractivity contribution in [3.8, 4) is 0 Å². The number of anilines is 1. The van der Waals surface area contributed by atoms with Crippen LogP contribution in [0.5, 0.6) is 0 Å². The highest BCUT2D eigenvalue weighted by Crippen LogP contribution is 2.40. The largest absolute Gasteiger partial charge is 0.416 e. The topological polar surface area (TPSA) is 35.9 Å². The number of alkyl halides is 3. The highest BCUT2D eigenvalue weighted by atomic mass is 19.4. The van der Waals surface area contributed by atoms with Crippen LogP contribution in [0.15, 0.2) is 47.0 Å². The number of carbonyl (C=O) groups is 1. The third kappa shape index (κ3) is 6.01. The summed E-state index contributed by atoms with van der Waals surface area (Å²) in [5, 5.41) is 0. The summed E-state index contributed by atoms with van der Waals surface area (Å²) in [6, 6.07) is 10.2. The van der Waals surface area contributed by atoms with Gasteiger partial charge in [-0.05, 0) is 78.4 Å². The highest BCUT2D eigenvalue weighted by Gasteiger charge is 2.40. The quantitative estimate of drug-likeness (QED) is 0.384. The van der Waals surface area contributed by atoms with Gasteiger partial charge < -0.3 is 4.90 Å². The van der Waals surface area contributed by atoms with Gasteiger partial charge in [0.1, 0.15) is 0 Å². The van der Waals surface area contributed by atoms with Gasteiger partial charge in [-0.2, -0.15) is 13.2 Å². The summed E-state index contributed by atoms with van der Waals surface area (Å²) in [7, 11) is 1.70. The summed E-state index contributed by atoms with van der Waals surface area (Å²) in [5.41, 5.74) is 3.42. The van der Waals surface area contributed by atoms with Crippen molar-refractivity contribution in [2.45, 2.75) is 53.9 Å². The Balaban J connectivity index is 2.02. The zero-order valence-electron chi connectivity index (χ0n) is 21.3. The van der Waals surface area contributed by atoms with E-state index in [0.29, 0.717) is 23.7 Å². The number of rotatable bonds is 8. The fourth-order valence-electron chi connectivity index (χ4n) is 4.53. The molecule has 0 unspecified atom stereocenters. The molecule has 1 heterocycles. The zero-order chi connectivity index (χ0) is 25.9. The van der Waals surface area contributed by atoms with E-state index >= 15 is 0 Å². The summed E-state index contributed by atoms with van der Waals surface area (Å²) in [6.07, 6.45) is -2.78. The minimum Gasteiger partial charge on any atom is -0.304 e. The number of allylic oxidation sites excluding steroid dienone is 2. The van der Waals surface area contributed by atoms with Gasteiger partial charge in [0, 0.05) is 37.6 Å². The lowest BCUT2D eigenvalue weighted by molar-refractivity contribution is -0.138. The molecule has 0 N–H and O–H groups in total. The predicted molar refractivity (Wildman–Crippen MR) is 137 cm³/mol. The Bertz CT molecular complexity index is 1150. The molecule has 0 fully saturated rings. The fraction of sp³-hybridized carbons (Fsp3) is 0.429. The standard InChI is InChI=1S/C28H34F3N3O/c1-7-33(15-18(2)3)16-21-11-24-25(26(12-21)28(29,30)31)17-34(27(24)35)23-10-8-9-22(13-23)20(5)19(4)14-32-6/h8-14,18H,7,15-17H2,1-6H3/b20-19-,32-14?. The normalized spacial score (nSPS) is 14.9. The Morgan fingerprint density at radius 2 is 1.91 bits per heavy atom. The maximum atomic E-state index is 14.1. The Labute approximate surface area is 206 Å². The Hall–Kier alpha value is -2.93. The fourth-order valence-corrected chi connectivity index (χ4v) is 4.53. The van der Waals surface area contributed by atoms with Crippen LogP contribution in [-0.2, 0) is 19.3 Å². The van der Waals surface area contributed by atoms with Crippen LogP contribution in [0.4, 0.5) is 18.9 Å². The molecule has 0 saturated carbocycles. The monoisotopic (exact) mass is 485 g/mol. The molecule has 0 aromatic heterocycles. The molecule has 1 aliphatic rings. The van der Waals surface area contributed by atoms with Crippen molar-refractivity contribution in [3.05, 3.63) is 69.8 Å². The first-order valence-corrected chi connectivity index (χ1v) is 11.9. The van der Waals surface area contributed by atoms with Crippen LogP contribution < -0.4 is 4.90 Å². The summed E-state index contributed by atoms with van der Waals surface area (Å²) in [5.74, 6) is -0.00881. The van der Waals surface area contributed by atoms with Crippen LogP contribution in [0.1, 0.15) is 67.2 Å². The molecule has 1 aliphatic heterocycles. The van der Waals surface area contributed by atoms with Gasteiger partial charge in [0.2, 0.25) is 0 Å². The van der Waals surface area contributed by atoms with Crippen LogP contribution in [0.2, 0.25) is 0 Å². The molecule has 0 saturated heterocycles. The van der Waals surface area contributed by atoms with Gasteiger partial charge in [0.15, 0.2) is 0 Å². The van der Waals surface area contributed by atoms with E-state index in [2.05, 4.69) is 23.7 Å². The number of hydrogen-bond acceptors (Lipinski definition) is 3. The van der Waals surface area contributed by atoms with Crippen molar-refractivity contribution in [1.29, 1.82) is 0 Å². The number of aliphatic imine (C=N–C) groups is 1. The molecule has 7 heteroatoms. The van der Waals surface area contributed by atoms with Crippen molar-refractivity contribution in [1.82, 2.24) is 4.90 Å². The van der Waals surface area contributed by atoms with Gasteiger partial charge >= 0.3 is 6.18 Å². The van der Waals surface area contributed by atoms with Crippen molar-refractivity contribution < 1.29 is 18.0 Å². The van der Waals surface area contributed by atoms with Gasteiger partial charge in [-0.1, -0.05) is 32.9 Å². The number of fused-ring (bicyclic) bond motifs is 1. The molecule has 1 amide bonds. The maximum absolute atomic E-state index is 14.1. The van der Waals surface area contributed by atoms with E-state index in [1.807, 2.05) is 39.0 Å². The van der Waals surface area contributed by atoms with Crippen LogP contribution in [0, 0.1) is 5.92 Å². The van der Waals surface area contributed by atoms with Crippen LogP contribution in [0.25, 0.3) is 5.57 Å². The summed E-state index contributed by atoms with van der Waals surface area (Å²) < 4.78 is 42.2. The molecule has 2 aromatic rings. The third-order valence-electron chi connectivity index (χ3n) is 6.39. The van der Waals surface area contributed by atoms with E-state index < -0.39 is 17.6 Å². The second-order valence-corrected chi connectivity index (χ2v) is 9.53. The molecule has 0 spiro atoms. The van der Waals surface area contributed by atoms with Gasteiger partial charge in [-0.25, -0.2) is 0 Å². The minimum absolute atomic E-state index is 0.0464. The van der Waals surface area contributed by atoms with Crippen LogP contribution in [-0.4, -0.2) is 37.2 Å². The average molecular weight is 486 g/mol. The smallest absolute Gasteiger partial charge is 0.304 e. The number of halogens is 3. The van der Waals surface area contributed by atoms with E-state index in [-0.39, 0.29) is 17.7 Å². The summed E-state index contributed by atoms with van der Waals surface area (Å²) >= 11 is 0. The van der Waals surface area contributed by atoms with Crippen LogP contribution in [0.3, 0.4) is 0 Å². The first-order valence-electron chi connectivity index (χ1n) is 11.9. The van der Waals surface area contributed by atoms with E-state index in [4.69, 9.17) is 0 Å². The molecular formula is C28H34F3N3O. The van der Waals surface area contributed by atoms with E-state index in [9.17, 15) is 18.0 Å². The Kier molecular flexibility index (Phi) is 8.21. The lowest BCUT2D eigenvalue weighted by Gasteiger charge is -2.23. The molecule has 4 nitrogen and oxygen atoms in total. The van der Waals surface area contributed by atoms with E-state index in [0.717, 1.165) is 29.8 Å².